The molecule has 5 heteroatoms. The van der Waals surface area contributed by atoms with Crippen LogP contribution in [0.1, 0.15) is 11.5 Å². The molecule has 0 saturated carbocycles. The van der Waals surface area contributed by atoms with Gasteiger partial charge in [-0.05, 0) is 6.07 Å². The Morgan fingerprint density at radius 2 is 2.20 bits per heavy atom. The first kappa shape index (κ1) is 12.1. The van der Waals surface area contributed by atoms with Gasteiger partial charge in [0.25, 0.3) is 0 Å². The molecular weight excluding hydrogens is 218 g/mol. The molecule has 4 N–H and O–H groups in total. The Labute approximate surface area is 93.2 Å². The van der Waals surface area contributed by atoms with Crippen LogP contribution in [0.15, 0.2) is 12.1 Å². The molecule has 0 radical (unpaired) electrons. The lowest BCUT2D eigenvalue weighted by Gasteiger charge is -2.16. The normalized spacial score (nSPS) is 12.5. The van der Waals surface area contributed by atoms with Crippen molar-refractivity contribution in [2.75, 3.05) is 20.3 Å². The minimum atomic E-state index is -0.336. The number of nitrogens with two attached hydrogens (primary N) is 1. The fraction of sp³-hybridized carbons (Fsp3) is 0.400. The molecule has 1 unspecified atom stereocenters. The molecule has 0 spiro atoms. The van der Waals surface area contributed by atoms with Gasteiger partial charge in [0, 0.05) is 29.1 Å². The van der Waals surface area contributed by atoms with Crippen LogP contribution < -0.4 is 10.5 Å². The van der Waals surface area contributed by atoms with E-state index < -0.39 is 0 Å². The minimum Gasteiger partial charge on any atom is -0.504 e. The number of ether oxygens (including phenoxy) is 1. The number of methoxy groups -OCH3 is 1. The largest absolute Gasteiger partial charge is 0.504 e. The second-order valence-corrected chi connectivity index (χ2v) is 3.60. The number of hydrogen-bond acceptors (Lipinski definition) is 4. The number of benzene rings is 1. The van der Waals surface area contributed by atoms with Crippen molar-refractivity contribution in [1.29, 1.82) is 0 Å². The van der Waals surface area contributed by atoms with E-state index in [9.17, 15) is 5.11 Å². The zero-order valence-corrected chi connectivity index (χ0v) is 9.16. The molecule has 84 valence electrons. The number of aromatic hydroxyl groups is 1. The molecule has 0 heterocycles. The first-order valence-electron chi connectivity index (χ1n) is 4.51. The fourth-order valence-corrected chi connectivity index (χ4v) is 1.58. The summed E-state index contributed by atoms with van der Waals surface area (Å²) in [6, 6.07) is 3.08. The highest BCUT2D eigenvalue weighted by molar-refractivity contribution is 6.30. The highest BCUT2D eigenvalue weighted by atomic mass is 35.5. The summed E-state index contributed by atoms with van der Waals surface area (Å²) in [5, 5.41) is 19.3. The van der Waals surface area contributed by atoms with Gasteiger partial charge in [0.05, 0.1) is 13.7 Å². The predicted molar refractivity (Wildman–Crippen MR) is 58.6 cm³/mol. The van der Waals surface area contributed by atoms with E-state index in [-0.39, 0.29) is 30.6 Å². The lowest BCUT2D eigenvalue weighted by molar-refractivity contribution is 0.264. The van der Waals surface area contributed by atoms with E-state index in [1.165, 1.54) is 13.2 Å². The number of rotatable bonds is 4. The molecular formula is C10H14ClNO3. The maximum absolute atomic E-state index is 9.80. The van der Waals surface area contributed by atoms with Gasteiger partial charge in [-0.15, -0.1) is 0 Å². The third-order valence-electron chi connectivity index (χ3n) is 2.23. The quantitative estimate of drug-likeness (QED) is 0.725. The summed E-state index contributed by atoms with van der Waals surface area (Å²) in [6.07, 6.45) is 0. The van der Waals surface area contributed by atoms with Crippen molar-refractivity contribution >= 4 is 11.6 Å². The van der Waals surface area contributed by atoms with E-state index in [2.05, 4.69) is 0 Å². The van der Waals surface area contributed by atoms with Crippen LogP contribution in [-0.4, -0.2) is 30.5 Å². The Morgan fingerprint density at radius 1 is 1.53 bits per heavy atom. The molecule has 4 nitrogen and oxygen atoms in total. The van der Waals surface area contributed by atoms with Crippen LogP contribution in [-0.2, 0) is 0 Å². The standard InChI is InChI=1S/C10H14ClNO3/c1-15-9-3-7(11)2-8(10(9)14)6(4-12)5-13/h2-3,6,13-14H,4-5,12H2,1H3. The molecule has 0 bridgehead atoms. The van der Waals surface area contributed by atoms with Crippen LogP contribution in [0, 0.1) is 0 Å². The highest BCUT2D eigenvalue weighted by Crippen LogP contribution is 2.37. The number of aliphatic hydroxyl groups is 1. The summed E-state index contributed by atoms with van der Waals surface area (Å²) < 4.78 is 4.95. The first-order valence-corrected chi connectivity index (χ1v) is 4.89. The van der Waals surface area contributed by atoms with Gasteiger partial charge in [-0.25, -0.2) is 0 Å². The van der Waals surface area contributed by atoms with Gasteiger partial charge in [0.1, 0.15) is 0 Å². The van der Waals surface area contributed by atoms with Crippen molar-refractivity contribution in [3.05, 3.63) is 22.7 Å². The summed E-state index contributed by atoms with van der Waals surface area (Å²) in [5.74, 6) is -0.0756. The Bertz CT molecular complexity index is 340. The van der Waals surface area contributed by atoms with Gasteiger partial charge in [-0.2, -0.15) is 0 Å². The molecule has 0 fully saturated rings. The molecule has 1 rings (SSSR count). The van der Waals surface area contributed by atoms with Gasteiger partial charge in [0.2, 0.25) is 0 Å². The van der Waals surface area contributed by atoms with Gasteiger partial charge >= 0.3 is 0 Å². The fourth-order valence-electron chi connectivity index (χ4n) is 1.36. The zero-order valence-electron chi connectivity index (χ0n) is 8.40. The van der Waals surface area contributed by atoms with Crippen LogP contribution in [0.4, 0.5) is 0 Å². The van der Waals surface area contributed by atoms with E-state index in [0.717, 1.165) is 0 Å². The van der Waals surface area contributed by atoms with Crippen LogP contribution in [0.25, 0.3) is 0 Å². The average Bonchev–Trinajstić information content (AvgIpc) is 2.24. The van der Waals surface area contributed by atoms with Crippen LogP contribution in [0.5, 0.6) is 11.5 Å². The van der Waals surface area contributed by atoms with Crippen molar-refractivity contribution in [3.63, 3.8) is 0 Å². The van der Waals surface area contributed by atoms with Gasteiger partial charge in [-0.3, -0.25) is 0 Å². The number of phenolic OH excluding ortho intramolecular Hbond substituents is 1. The van der Waals surface area contributed by atoms with E-state index in [1.807, 2.05) is 0 Å². The number of halogens is 1. The summed E-state index contributed by atoms with van der Waals surface area (Å²) in [4.78, 5) is 0. The summed E-state index contributed by atoms with van der Waals surface area (Å²) in [7, 11) is 1.44. The maximum Gasteiger partial charge on any atom is 0.162 e. The number of aliphatic hydroxyl groups excluding tert-OH is 1. The lowest BCUT2D eigenvalue weighted by Crippen LogP contribution is -2.16. The van der Waals surface area contributed by atoms with E-state index in [4.69, 9.17) is 27.2 Å². The summed E-state index contributed by atoms with van der Waals surface area (Å²) in [6.45, 7) is 0.0844. The van der Waals surface area contributed by atoms with Crippen molar-refractivity contribution in [1.82, 2.24) is 0 Å². The minimum absolute atomic E-state index is 0.0219. The second kappa shape index (κ2) is 5.21. The molecule has 1 aromatic carbocycles. The van der Waals surface area contributed by atoms with Gasteiger partial charge in [-0.1, -0.05) is 11.6 Å². The van der Waals surface area contributed by atoms with Crippen molar-refractivity contribution < 1.29 is 14.9 Å². The Hall–Kier alpha value is -0.970. The SMILES string of the molecule is COc1cc(Cl)cc(C(CN)CO)c1O. The number of phenols is 1. The Balaban J connectivity index is 3.21. The molecule has 0 aromatic heterocycles. The van der Waals surface area contributed by atoms with Crippen LogP contribution in [0.2, 0.25) is 5.02 Å². The van der Waals surface area contributed by atoms with Crippen LogP contribution >= 0.6 is 11.6 Å². The average molecular weight is 232 g/mol. The smallest absolute Gasteiger partial charge is 0.162 e. The van der Waals surface area contributed by atoms with E-state index in [0.29, 0.717) is 10.6 Å². The molecule has 1 atom stereocenters. The molecule has 1 aromatic rings. The molecule has 15 heavy (non-hydrogen) atoms. The maximum atomic E-state index is 9.80. The van der Waals surface area contributed by atoms with E-state index in [1.54, 1.807) is 6.07 Å². The third kappa shape index (κ3) is 2.53. The van der Waals surface area contributed by atoms with Crippen molar-refractivity contribution in [3.8, 4) is 11.5 Å². The van der Waals surface area contributed by atoms with Crippen LogP contribution in [0.3, 0.4) is 0 Å². The topological polar surface area (TPSA) is 75.7 Å². The third-order valence-corrected chi connectivity index (χ3v) is 2.45. The Kier molecular flexibility index (Phi) is 4.20. The van der Waals surface area contributed by atoms with E-state index >= 15 is 0 Å². The predicted octanol–water partition coefficient (Wildman–Crippen LogP) is 1.09. The Morgan fingerprint density at radius 3 is 2.67 bits per heavy atom. The van der Waals surface area contributed by atoms with Gasteiger partial charge in [0.15, 0.2) is 11.5 Å². The highest BCUT2D eigenvalue weighted by Gasteiger charge is 2.17. The monoisotopic (exact) mass is 231 g/mol. The number of hydrogen-bond donors (Lipinski definition) is 3. The zero-order chi connectivity index (χ0) is 11.4. The molecule has 0 aliphatic rings. The molecule has 0 aliphatic carbocycles. The molecule has 0 saturated heterocycles. The first-order chi connectivity index (χ1) is 7.13. The lowest BCUT2D eigenvalue weighted by atomic mass is 9.99. The summed E-state index contributed by atoms with van der Waals surface area (Å²) in [5.41, 5.74) is 5.97. The molecule has 0 aliphatic heterocycles. The van der Waals surface area contributed by atoms with Crippen molar-refractivity contribution in [2.24, 2.45) is 5.73 Å². The second-order valence-electron chi connectivity index (χ2n) is 3.16. The summed E-state index contributed by atoms with van der Waals surface area (Å²) >= 11 is 5.85. The van der Waals surface area contributed by atoms with Gasteiger partial charge < -0.3 is 20.7 Å². The molecule has 0 amide bonds. The van der Waals surface area contributed by atoms with Crippen molar-refractivity contribution in [2.45, 2.75) is 5.92 Å².